The fraction of sp³-hybridized carbons (Fsp3) is 0.316. The van der Waals surface area contributed by atoms with Crippen molar-refractivity contribution in [2.45, 2.75) is 11.3 Å². The van der Waals surface area contributed by atoms with E-state index in [1.807, 2.05) is 4.90 Å². The van der Waals surface area contributed by atoms with Gasteiger partial charge in [0.25, 0.3) is 0 Å². The van der Waals surface area contributed by atoms with Crippen LogP contribution in [-0.2, 0) is 14.8 Å². The Labute approximate surface area is 168 Å². The van der Waals surface area contributed by atoms with Crippen molar-refractivity contribution in [2.24, 2.45) is 0 Å². The van der Waals surface area contributed by atoms with Crippen LogP contribution in [0, 0.1) is 5.82 Å². The second-order valence-corrected chi connectivity index (χ2v) is 8.88. The second-order valence-electron chi connectivity index (χ2n) is 6.51. The zero-order valence-electron chi connectivity index (χ0n) is 15.1. The first-order valence-electron chi connectivity index (χ1n) is 8.88. The van der Waals surface area contributed by atoms with Gasteiger partial charge in [-0.15, -0.1) is 0 Å². The van der Waals surface area contributed by atoms with Gasteiger partial charge in [0.15, 0.2) is 0 Å². The number of amides is 1. The van der Waals surface area contributed by atoms with E-state index in [4.69, 9.17) is 11.6 Å². The van der Waals surface area contributed by atoms with Crippen LogP contribution in [0.5, 0.6) is 0 Å². The summed E-state index contributed by atoms with van der Waals surface area (Å²) >= 11 is 5.90. The predicted octanol–water partition coefficient (Wildman–Crippen LogP) is 2.81. The molecule has 0 spiro atoms. The Bertz CT molecular complexity index is 930. The van der Waals surface area contributed by atoms with Gasteiger partial charge in [0, 0.05) is 49.9 Å². The van der Waals surface area contributed by atoms with Crippen LogP contribution in [0.4, 0.5) is 10.1 Å². The third-order valence-electron chi connectivity index (χ3n) is 4.55. The van der Waals surface area contributed by atoms with Crippen molar-refractivity contribution in [2.75, 3.05) is 38.0 Å². The zero-order chi connectivity index (χ0) is 20.1. The third-order valence-corrected chi connectivity index (χ3v) is 6.68. The lowest BCUT2D eigenvalue weighted by molar-refractivity contribution is -0.116. The fourth-order valence-electron chi connectivity index (χ4n) is 2.99. The lowest BCUT2D eigenvalue weighted by Crippen LogP contribution is -2.49. The molecule has 28 heavy (non-hydrogen) atoms. The standard InChI is InChI=1S/C19H21ClFN3O3S/c20-15-2-1-3-18(14-15)28(26,27)24-12-10-23(11-13-24)9-8-19(25)22-17-6-4-16(21)5-7-17/h1-7,14H,8-13H2,(H,22,25). The first kappa shape index (κ1) is 20.7. The molecule has 1 amide bonds. The smallest absolute Gasteiger partial charge is 0.243 e. The minimum atomic E-state index is -3.57. The maximum atomic E-state index is 12.9. The fourth-order valence-corrected chi connectivity index (χ4v) is 4.71. The van der Waals surface area contributed by atoms with Crippen LogP contribution < -0.4 is 5.32 Å². The molecule has 2 aromatic carbocycles. The second kappa shape index (κ2) is 9.00. The molecule has 3 rings (SSSR count). The molecule has 1 heterocycles. The van der Waals surface area contributed by atoms with Crippen molar-refractivity contribution in [1.82, 2.24) is 9.21 Å². The Hall–Kier alpha value is -2.00. The van der Waals surface area contributed by atoms with Crippen LogP contribution in [0.2, 0.25) is 5.02 Å². The number of carbonyl (C=O) groups excluding carboxylic acids is 1. The lowest BCUT2D eigenvalue weighted by atomic mass is 10.2. The van der Waals surface area contributed by atoms with E-state index in [2.05, 4.69) is 5.32 Å². The summed E-state index contributed by atoms with van der Waals surface area (Å²) in [7, 11) is -3.57. The molecule has 0 bridgehead atoms. The van der Waals surface area contributed by atoms with E-state index < -0.39 is 10.0 Å². The van der Waals surface area contributed by atoms with Crippen molar-refractivity contribution in [3.63, 3.8) is 0 Å². The molecule has 2 aromatic rings. The molecular formula is C19H21ClFN3O3S. The first-order chi connectivity index (χ1) is 13.3. The average Bonchev–Trinajstić information content (AvgIpc) is 2.68. The topological polar surface area (TPSA) is 69.7 Å². The van der Waals surface area contributed by atoms with E-state index in [1.54, 1.807) is 12.1 Å². The van der Waals surface area contributed by atoms with Gasteiger partial charge in [0.1, 0.15) is 5.82 Å². The number of carbonyl (C=O) groups is 1. The van der Waals surface area contributed by atoms with E-state index >= 15 is 0 Å². The number of halogens is 2. The Balaban J connectivity index is 1.47. The van der Waals surface area contributed by atoms with Gasteiger partial charge in [-0.1, -0.05) is 17.7 Å². The highest BCUT2D eigenvalue weighted by Gasteiger charge is 2.28. The predicted molar refractivity (Wildman–Crippen MR) is 106 cm³/mol. The molecule has 1 saturated heterocycles. The molecule has 6 nitrogen and oxygen atoms in total. The number of benzene rings is 2. The number of nitrogens with zero attached hydrogens (tertiary/aromatic N) is 2. The summed E-state index contributed by atoms with van der Waals surface area (Å²) in [6, 6.07) is 11.8. The van der Waals surface area contributed by atoms with Gasteiger partial charge < -0.3 is 10.2 Å². The Morgan fingerprint density at radius 2 is 1.75 bits per heavy atom. The molecule has 0 radical (unpaired) electrons. The SMILES string of the molecule is O=C(CCN1CCN(S(=O)(=O)c2cccc(Cl)c2)CC1)Nc1ccc(F)cc1. The quantitative estimate of drug-likeness (QED) is 0.772. The van der Waals surface area contributed by atoms with Gasteiger partial charge in [-0.2, -0.15) is 4.31 Å². The van der Waals surface area contributed by atoms with Crippen molar-refractivity contribution >= 4 is 33.2 Å². The molecule has 0 atom stereocenters. The van der Waals surface area contributed by atoms with Gasteiger partial charge in [0.05, 0.1) is 4.90 Å². The largest absolute Gasteiger partial charge is 0.326 e. The molecule has 0 aromatic heterocycles. The van der Waals surface area contributed by atoms with E-state index in [0.717, 1.165) is 0 Å². The van der Waals surface area contributed by atoms with Gasteiger partial charge >= 0.3 is 0 Å². The van der Waals surface area contributed by atoms with Crippen LogP contribution >= 0.6 is 11.6 Å². The monoisotopic (exact) mass is 425 g/mol. The maximum Gasteiger partial charge on any atom is 0.243 e. The molecule has 150 valence electrons. The number of nitrogens with one attached hydrogen (secondary N) is 1. The number of rotatable bonds is 6. The highest BCUT2D eigenvalue weighted by Crippen LogP contribution is 2.21. The summed E-state index contributed by atoms with van der Waals surface area (Å²) in [5.41, 5.74) is 0.545. The minimum absolute atomic E-state index is 0.166. The number of anilines is 1. The van der Waals surface area contributed by atoms with E-state index in [-0.39, 0.29) is 23.0 Å². The third kappa shape index (κ3) is 5.29. The zero-order valence-corrected chi connectivity index (χ0v) is 16.7. The van der Waals surface area contributed by atoms with Gasteiger partial charge in [-0.3, -0.25) is 4.79 Å². The molecule has 1 fully saturated rings. The van der Waals surface area contributed by atoms with Crippen LogP contribution in [-0.4, -0.2) is 56.3 Å². The molecule has 0 saturated carbocycles. The highest BCUT2D eigenvalue weighted by atomic mass is 35.5. The molecular weight excluding hydrogens is 405 g/mol. The molecule has 9 heteroatoms. The molecule has 1 aliphatic heterocycles. The number of hydrogen-bond donors (Lipinski definition) is 1. The Kier molecular flexibility index (Phi) is 6.66. The van der Waals surface area contributed by atoms with Gasteiger partial charge in [-0.05, 0) is 42.5 Å². The van der Waals surface area contributed by atoms with Crippen molar-refractivity contribution in [3.8, 4) is 0 Å². The summed E-state index contributed by atoms with van der Waals surface area (Å²) in [6.07, 6.45) is 0.276. The van der Waals surface area contributed by atoms with Crippen LogP contribution in [0.15, 0.2) is 53.4 Å². The van der Waals surface area contributed by atoms with E-state index in [0.29, 0.717) is 43.4 Å². The summed E-state index contributed by atoms with van der Waals surface area (Å²) in [5, 5.41) is 3.10. The number of sulfonamides is 1. The van der Waals surface area contributed by atoms with Gasteiger partial charge in [-0.25, -0.2) is 12.8 Å². The van der Waals surface area contributed by atoms with Crippen molar-refractivity contribution in [3.05, 3.63) is 59.4 Å². The average molecular weight is 426 g/mol. The van der Waals surface area contributed by atoms with Crippen molar-refractivity contribution < 1.29 is 17.6 Å². The van der Waals surface area contributed by atoms with E-state index in [9.17, 15) is 17.6 Å². The maximum absolute atomic E-state index is 12.9. The molecule has 1 N–H and O–H groups in total. The van der Waals surface area contributed by atoms with Crippen LogP contribution in [0.3, 0.4) is 0 Å². The summed E-state index contributed by atoms with van der Waals surface area (Å²) in [6.45, 7) is 2.33. The van der Waals surface area contributed by atoms with Crippen LogP contribution in [0.25, 0.3) is 0 Å². The Morgan fingerprint density at radius 1 is 1.07 bits per heavy atom. The summed E-state index contributed by atoms with van der Waals surface area (Å²) < 4.78 is 39.7. The summed E-state index contributed by atoms with van der Waals surface area (Å²) in [5.74, 6) is -0.524. The molecule has 1 aliphatic rings. The summed E-state index contributed by atoms with van der Waals surface area (Å²) in [4.78, 5) is 14.3. The molecule has 0 unspecified atom stereocenters. The first-order valence-corrected chi connectivity index (χ1v) is 10.7. The lowest BCUT2D eigenvalue weighted by Gasteiger charge is -2.33. The van der Waals surface area contributed by atoms with Crippen LogP contribution in [0.1, 0.15) is 6.42 Å². The minimum Gasteiger partial charge on any atom is -0.326 e. The van der Waals surface area contributed by atoms with E-state index in [1.165, 1.54) is 40.7 Å². The number of hydrogen-bond acceptors (Lipinski definition) is 4. The van der Waals surface area contributed by atoms with Gasteiger partial charge in [0.2, 0.25) is 15.9 Å². The normalized spacial score (nSPS) is 16.1. The highest BCUT2D eigenvalue weighted by molar-refractivity contribution is 7.89. The van der Waals surface area contributed by atoms with Crippen molar-refractivity contribution in [1.29, 1.82) is 0 Å². The molecule has 0 aliphatic carbocycles. The number of piperazine rings is 1. The Morgan fingerprint density at radius 3 is 2.39 bits per heavy atom.